The largest absolute Gasteiger partial charge is 0.0654 e. The second kappa shape index (κ2) is 3.81. The van der Waals surface area contributed by atoms with Gasteiger partial charge in [-0.05, 0) is 36.5 Å². The summed E-state index contributed by atoms with van der Waals surface area (Å²) in [5.41, 5.74) is 0.574. The molecule has 0 saturated heterocycles. The molecule has 0 spiro atoms. The maximum atomic E-state index is 2.50. The Morgan fingerprint density at radius 3 is 2.58 bits per heavy atom. The van der Waals surface area contributed by atoms with E-state index in [0.29, 0.717) is 5.41 Å². The summed E-state index contributed by atoms with van der Waals surface area (Å²) < 4.78 is 0. The molecule has 0 amide bonds. The fraction of sp³-hybridized carbons (Fsp3) is 0.917. The fourth-order valence-corrected chi connectivity index (χ4v) is 2.40. The third kappa shape index (κ3) is 1.84. The van der Waals surface area contributed by atoms with Crippen molar-refractivity contribution < 1.29 is 0 Å². The van der Waals surface area contributed by atoms with E-state index < -0.39 is 0 Å². The van der Waals surface area contributed by atoms with Gasteiger partial charge in [0, 0.05) is 0 Å². The lowest BCUT2D eigenvalue weighted by Crippen LogP contribution is -2.35. The molecule has 12 heavy (non-hydrogen) atoms. The lowest BCUT2D eigenvalue weighted by Gasteiger charge is -2.44. The molecule has 0 heteroatoms. The minimum absolute atomic E-state index is 0.574. The summed E-state index contributed by atoms with van der Waals surface area (Å²) in [4.78, 5) is 0. The molecular formula is C12H23. The van der Waals surface area contributed by atoms with E-state index in [-0.39, 0.29) is 0 Å². The Hall–Kier alpha value is 0. The Labute approximate surface area is 77.7 Å². The van der Waals surface area contributed by atoms with Crippen molar-refractivity contribution >= 4 is 0 Å². The molecule has 71 valence electrons. The minimum Gasteiger partial charge on any atom is -0.0654 e. The molecule has 0 heterocycles. The molecule has 0 aromatic rings. The van der Waals surface area contributed by atoms with Gasteiger partial charge in [-0.3, -0.25) is 0 Å². The van der Waals surface area contributed by atoms with Crippen molar-refractivity contribution in [3.8, 4) is 0 Å². The van der Waals surface area contributed by atoms with Gasteiger partial charge in [0.25, 0.3) is 0 Å². The van der Waals surface area contributed by atoms with Crippen LogP contribution in [-0.4, -0.2) is 0 Å². The van der Waals surface area contributed by atoms with E-state index in [9.17, 15) is 0 Å². The predicted octanol–water partition coefficient (Wildman–Crippen LogP) is 4.06. The molecule has 1 rings (SSSR count). The van der Waals surface area contributed by atoms with Gasteiger partial charge in [0.1, 0.15) is 0 Å². The van der Waals surface area contributed by atoms with E-state index in [2.05, 4.69) is 34.1 Å². The summed E-state index contributed by atoms with van der Waals surface area (Å²) >= 11 is 0. The molecule has 0 bridgehead atoms. The maximum absolute atomic E-state index is 2.50. The van der Waals surface area contributed by atoms with Gasteiger partial charge in [0.15, 0.2) is 0 Å². The van der Waals surface area contributed by atoms with Crippen molar-refractivity contribution in [1.82, 2.24) is 0 Å². The predicted molar refractivity (Wildman–Crippen MR) is 54.9 cm³/mol. The Morgan fingerprint density at radius 2 is 2.00 bits per heavy atom. The van der Waals surface area contributed by atoms with Crippen LogP contribution >= 0.6 is 0 Å². The highest BCUT2D eigenvalue weighted by Gasteiger charge is 2.36. The summed E-state index contributed by atoms with van der Waals surface area (Å²) in [7, 11) is 0. The summed E-state index contributed by atoms with van der Waals surface area (Å²) in [6.45, 7) is 9.60. The Kier molecular flexibility index (Phi) is 3.20. The third-order valence-corrected chi connectivity index (χ3v) is 3.93. The molecule has 1 saturated carbocycles. The molecule has 0 aromatic carbocycles. The minimum atomic E-state index is 0.574. The molecule has 1 aliphatic rings. The van der Waals surface area contributed by atoms with E-state index in [1.165, 1.54) is 25.7 Å². The average Bonchev–Trinajstić information content (AvgIpc) is 2.00. The van der Waals surface area contributed by atoms with Gasteiger partial charge in [-0.2, -0.15) is 0 Å². The Balaban J connectivity index is 2.59. The first-order valence-corrected chi connectivity index (χ1v) is 5.40. The number of hydrogen-bond donors (Lipinski definition) is 0. The molecule has 1 aliphatic carbocycles. The number of rotatable bonds is 2. The van der Waals surface area contributed by atoms with Crippen LogP contribution in [0.4, 0.5) is 0 Å². The first kappa shape index (κ1) is 10.1. The van der Waals surface area contributed by atoms with Crippen LogP contribution in [0.1, 0.15) is 53.4 Å². The summed E-state index contributed by atoms with van der Waals surface area (Å²) in [6, 6.07) is 0. The van der Waals surface area contributed by atoms with Crippen molar-refractivity contribution in [2.45, 2.75) is 53.4 Å². The van der Waals surface area contributed by atoms with Gasteiger partial charge in [-0.25, -0.2) is 0 Å². The Bertz CT molecular complexity index is 133. The highest BCUT2D eigenvalue weighted by Crippen LogP contribution is 2.46. The summed E-state index contributed by atoms with van der Waals surface area (Å²) in [5, 5.41) is 0. The SMILES string of the molecule is CCCC1C[CH]CC(C)C1(C)C. The molecule has 2 unspecified atom stereocenters. The normalized spacial score (nSPS) is 35.0. The van der Waals surface area contributed by atoms with Gasteiger partial charge in [-0.15, -0.1) is 0 Å². The zero-order valence-corrected chi connectivity index (χ0v) is 9.06. The molecule has 2 atom stereocenters. The topological polar surface area (TPSA) is 0 Å². The molecule has 0 N–H and O–H groups in total. The van der Waals surface area contributed by atoms with Crippen molar-refractivity contribution in [2.24, 2.45) is 17.3 Å². The van der Waals surface area contributed by atoms with Gasteiger partial charge < -0.3 is 0 Å². The molecule has 1 radical (unpaired) electrons. The van der Waals surface area contributed by atoms with Gasteiger partial charge in [0.05, 0.1) is 0 Å². The van der Waals surface area contributed by atoms with Crippen molar-refractivity contribution in [2.75, 3.05) is 0 Å². The zero-order chi connectivity index (χ0) is 9.19. The van der Waals surface area contributed by atoms with E-state index in [1.807, 2.05) is 0 Å². The smallest absolute Gasteiger partial charge is 0.0300 e. The average molecular weight is 167 g/mol. The first-order chi connectivity index (χ1) is 5.59. The van der Waals surface area contributed by atoms with Gasteiger partial charge >= 0.3 is 0 Å². The second-order valence-corrected chi connectivity index (χ2v) is 4.97. The standard InChI is InChI=1S/C12H23/c1-5-7-11-9-6-8-10(2)12(11,3)4/h6,10-11H,5,7-9H2,1-4H3. The lowest BCUT2D eigenvalue weighted by atomic mass is 9.62. The van der Waals surface area contributed by atoms with E-state index in [0.717, 1.165) is 11.8 Å². The zero-order valence-electron chi connectivity index (χ0n) is 9.06. The van der Waals surface area contributed by atoms with Crippen LogP contribution in [0.5, 0.6) is 0 Å². The van der Waals surface area contributed by atoms with Gasteiger partial charge in [-0.1, -0.05) is 40.5 Å². The Morgan fingerprint density at radius 1 is 1.33 bits per heavy atom. The highest BCUT2D eigenvalue weighted by atomic mass is 14.4. The van der Waals surface area contributed by atoms with Crippen LogP contribution < -0.4 is 0 Å². The van der Waals surface area contributed by atoms with E-state index >= 15 is 0 Å². The van der Waals surface area contributed by atoms with E-state index in [4.69, 9.17) is 0 Å². The van der Waals surface area contributed by atoms with Crippen LogP contribution in [0.15, 0.2) is 0 Å². The quantitative estimate of drug-likeness (QED) is 0.581. The highest BCUT2D eigenvalue weighted by molar-refractivity contribution is 4.93. The second-order valence-electron chi connectivity index (χ2n) is 4.97. The number of hydrogen-bond acceptors (Lipinski definition) is 0. The monoisotopic (exact) mass is 167 g/mol. The van der Waals surface area contributed by atoms with Crippen molar-refractivity contribution in [3.63, 3.8) is 0 Å². The third-order valence-electron chi connectivity index (χ3n) is 3.93. The molecule has 0 aromatic heterocycles. The van der Waals surface area contributed by atoms with Crippen molar-refractivity contribution in [3.05, 3.63) is 6.42 Å². The molecule has 0 aliphatic heterocycles. The fourth-order valence-electron chi connectivity index (χ4n) is 2.40. The van der Waals surface area contributed by atoms with Crippen LogP contribution in [0.25, 0.3) is 0 Å². The summed E-state index contributed by atoms with van der Waals surface area (Å²) in [5.74, 6) is 1.81. The maximum Gasteiger partial charge on any atom is -0.0300 e. The lowest BCUT2D eigenvalue weighted by molar-refractivity contribution is 0.0876. The molecule has 0 nitrogen and oxygen atoms in total. The van der Waals surface area contributed by atoms with Crippen LogP contribution in [0.3, 0.4) is 0 Å². The molecule has 1 fully saturated rings. The van der Waals surface area contributed by atoms with Crippen LogP contribution in [-0.2, 0) is 0 Å². The summed E-state index contributed by atoms with van der Waals surface area (Å²) in [6.07, 6.45) is 7.93. The van der Waals surface area contributed by atoms with Crippen LogP contribution in [0, 0.1) is 23.7 Å². The van der Waals surface area contributed by atoms with Crippen molar-refractivity contribution in [1.29, 1.82) is 0 Å². The van der Waals surface area contributed by atoms with Crippen LogP contribution in [0.2, 0.25) is 0 Å². The van der Waals surface area contributed by atoms with E-state index in [1.54, 1.807) is 0 Å². The van der Waals surface area contributed by atoms with Gasteiger partial charge in [0.2, 0.25) is 0 Å². The first-order valence-electron chi connectivity index (χ1n) is 5.40. The molecular weight excluding hydrogens is 144 g/mol.